The van der Waals surface area contributed by atoms with Crippen LogP contribution < -0.4 is 0 Å². The number of ketones is 1. The highest BCUT2D eigenvalue weighted by molar-refractivity contribution is 5.97. The van der Waals surface area contributed by atoms with Crippen molar-refractivity contribution in [2.45, 2.75) is 13.8 Å². The molecular weight excluding hydrogens is 272 g/mol. The van der Waals surface area contributed by atoms with E-state index in [2.05, 4.69) is 13.8 Å². The van der Waals surface area contributed by atoms with Crippen molar-refractivity contribution in [1.82, 2.24) is 4.90 Å². The van der Waals surface area contributed by atoms with Gasteiger partial charge in [0.15, 0.2) is 5.78 Å². The number of carbonyl (C=O) groups excluding carboxylic acids is 1. The van der Waals surface area contributed by atoms with E-state index < -0.39 is 4.92 Å². The maximum atomic E-state index is 12.2. The highest BCUT2D eigenvalue weighted by Gasteiger charge is 2.15. The highest BCUT2D eigenvalue weighted by atomic mass is 16.6. The molecule has 0 aromatic heterocycles. The first-order chi connectivity index (χ1) is 9.93. The molecule has 116 valence electrons. The summed E-state index contributed by atoms with van der Waals surface area (Å²) in [6.07, 6.45) is 0. The second kappa shape index (κ2) is 8.49. The molecule has 0 aliphatic carbocycles. The molecule has 0 unspecified atom stereocenters. The van der Waals surface area contributed by atoms with Crippen molar-refractivity contribution >= 4 is 11.5 Å². The number of benzene rings is 1. The first-order valence-corrected chi connectivity index (χ1v) is 6.93. The number of rotatable bonds is 9. The molecule has 1 aromatic carbocycles. The van der Waals surface area contributed by atoms with Gasteiger partial charge in [-0.1, -0.05) is 13.8 Å². The summed E-state index contributed by atoms with van der Waals surface area (Å²) in [4.78, 5) is 24.4. The van der Waals surface area contributed by atoms with Gasteiger partial charge in [-0.2, -0.15) is 0 Å². The average Bonchev–Trinajstić information content (AvgIpc) is 2.44. The maximum absolute atomic E-state index is 12.2. The minimum Gasteiger partial charge on any atom is -0.383 e. The number of non-ortho nitro benzene ring substituents is 1. The summed E-state index contributed by atoms with van der Waals surface area (Å²) in [6.45, 7) is 6.54. The lowest BCUT2D eigenvalue weighted by molar-refractivity contribution is -0.384. The van der Waals surface area contributed by atoms with Gasteiger partial charge in [0, 0.05) is 37.9 Å². The van der Waals surface area contributed by atoms with Crippen LogP contribution in [0.2, 0.25) is 0 Å². The summed E-state index contributed by atoms with van der Waals surface area (Å²) >= 11 is 0. The fourth-order valence-electron chi connectivity index (χ4n) is 2.04. The quantitative estimate of drug-likeness (QED) is 0.397. The van der Waals surface area contributed by atoms with E-state index in [1.807, 2.05) is 4.90 Å². The Morgan fingerprint density at radius 3 is 2.43 bits per heavy atom. The first-order valence-electron chi connectivity index (χ1n) is 6.93. The van der Waals surface area contributed by atoms with Crippen molar-refractivity contribution in [3.05, 3.63) is 39.9 Å². The van der Waals surface area contributed by atoms with Crippen LogP contribution in [0.1, 0.15) is 24.2 Å². The van der Waals surface area contributed by atoms with E-state index in [1.54, 1.807) is 7.11 Å². The van der Waals surface area contributed by atoms with Gasteiger partial charge in [-0.3, -0.25) is 19.8 Å². The van der Waals surface area contributed by atoms with Gasteiger partial charge in [0.05, 0.1) is 18.1 Å². The Morgan fingerprint density at radius 2 is 1.95 bits per heavy atom. The van der Waals surface area contributed by atoms with E-state index >= 15 is 0 Å². The van der Waals surface area contributed by atoms with Crippen LogP contribution in [0.15, 0.2) is 24.3 Å². The highest BCUT2D eigenvalue weighted by Crippen LogP contribution is 2.13. The van der Waals surface area contributed by atoms with Crippen LogP contribution in [-0.2, 0) is 4.74 Å². The Kier molecular flexibility index (Phi) is 6.98. The summed E-state index contributed by atoms with van der Waals surface area (Å²) < 4.78 is 5.06. The third-order valence-corrected chi connectivity index (χ3v) is 3.00. The monoisotopic (exact) mass is 294 g/mol. The van der Waals surface area contributed by atoms with Gasteiger partial charge < -0.3 is 4.74 Å². The molecular formula is C15H22N2O4. The Hall–Kier alpha value is -1.79. The van der Waals surface area contributed by atoms with Gasteiger partial charge in [-0.15, -0.1) is 0 Å². The zero-order valence-electron chi connectivity index (χ0n) is 12.7. The third kappa shape index (κ3) is 6.01. The zero-order valence-corrected chi connectivity index (χ0v) is 12.7. The van der Waals surface area contributed by atoms with E-state index in [0.717, 1.165) is 6.54 Å². The average molecular weight is 294 g/mol. The van der Waals surface area contributed by atoms with Gasteiger partial charge in [0.2, 0.25) is 0 Å². The van der Waals surface area contributed by atoms with Crippen LogP contribution in [0.25, 0.3) is 0 Å². The molecule has 21 heavy (non-hydrogen) atoms. The number of nitro groups is 1. The fraction of sp³-hybridized carbons (Fsp3) is 0.533. The molecule has 0 N–H and O–H groups in total. The van der Waals surface area contributed by atoms with Crippen LogP contribution in [0.5, 0.6) is 0 Å². The summed E-state index contributed by atoms with van der Waals surface area (Å²) in [5.74, 6) is 0.410. The molecule has 0 aliphatic rings. The van der Waals surface area contributed by atoms with Crippen LogP contribution in [-0.4, -0.2) is 49.0 Å². The molecule has 0 atom stereocenters. The van der Waals surface area contributed by atoms with Crippen LogP contribution in [0.3, 0.4) is 0 Å². The normalized spacial score (nSPS) is 11.1. The second-order valence-electron chi connectivity index (χ2n) is 5.35. The van der Waals surface area contributed by atoms with Crippen LogP contribution in [0.4, 0.5) is 5.69 Å². The summed E-state index contributed by atoms with van der Waals surface area (Å²) in [5, 5.41) is 10.6. The Bertz CT molecular complexity index is 471. The largest absolute Gasteiger partial charge is 0.383 e. The molecule has 0 fully saturated rings. The minimum atomic E-state index is -0.474. The molecule has 1 aromatic rings. The third-order valence-electron chi connectivity index (χ3n) is 3.00. The van der Waals surface area contributed by atoms with E-state index in [4.69, 9.17) is 4.74 Å². The van der Waals surface area contributed by atoms with Gasteiger partial charge in [0.1, 0.15) is 0 Å². The number of Topliss-reactive ketones (excluding diaryl/α,β-unsaturated/α-hetero) is 1. The SMILES string of the molecule is COCCN(CC(=O)c1ccc([N+](=O)[O-])cc1)CC(C)C. The maximum Gasteiger partial charge on any atom is 0.269 e. The number of carbonyl (C=O) groups is 1. The van der Waals surface area contributed by atoms with Crippen molar-refractivity contribution in [3.8, 4) is 0 Å². The second-order valence-corrected chi connectivity index (χ2v) is 5.35. The Labute approximate surface area is 124 Å². The van der Waals surface area contributed by atoms with E-state index in [-0.39, 0.29) is 11.5 Å². The van der Waals surface area contributed by atoms with Gasteiger partial charge in [-0.25, -0.2) is 0 Å². The molecule has 1 rings (SSSR count). The summed E-state index contributed by atoms with van der Waals surface area (Å²) in [7, 11) is 1.63. The fourth-order valence-corrected chi connectivity index (χ4v) is 2.04. The molecule has 0 saturated heterocycles. The Balaban J connectivity index is 2.69. The predicted octanol–water partition coefficient (Wildman–Crippen LogP) is 2.38. The molecule has 6 nitrogen and oxygen atoms in total. The molecule has 0 amide bonds. The summed E-state index contributed by atoms with van der Waals surface area (Å²) in [5.41, 5.74) is 0.483. The molecule has 0 spiro atoms. The lowest BCUT2D eigenvalue weighted by Gasteiger charge is -2.23. The molecule has 0 radical (unpaired) electrons. The lowest BCUT2D eigenvalue weighted by Crippen LogP contribution is -2.35. The molecule has 0 heterocycles. The molecule has 0 saturated carbocycles. The van der Waals surface area contributed by atoms with Crippen molar-refractivity contribution < 1.29 is 14.5 Å². The standard InChI is InChI=1S/C15H22N2O4/c1-12(2)10-16(8-9-21-3)11-15(18)13-4-6-14(7-5-13)17(19)20/h4-7,12H,8-11H2,1-3H3. The smallest absolute Gasteiger partial charge is 0.269 e. The van der Waals surface area contributed by atoms with Crippen LogP contribution >= 0.6 is 0 Å². The predicted molar refractivity (Wildman–Crippen MR) is 80.6 cm³/mol. The zero-order chi connectivity index (χ0) is 15.8. The number of methoxy groups -OCH3 is 1. The molecule has 0 aliphatic heterocycles. The number of hydrogen-bond acceptors (Lipinski definition) is 5. The number of hydrogen-bond donors (Lipinski definition) is 0. The number of nitro benzene ring substituents is 1. The first kappa shape index (κ1) is 17.3. The van der Waals surface area contributed by atoms with Gasteiger partial charge in [0.25, 0.3) is 5.69 Å². The number of nitrogens with zero attached hydrogens (tertiary/aromatic N) is 2. The van der Waals surface area contributed by atoms with Gasteiger partial charge in [-0.05, 0) is 18.1 Å². The topological polar surface area (TPSA) is 72.7 Å². The van der Waals surface area contributed by atoms with Gasteiger partial charge >= 0.3 is 0 Å². The Morgan fingerprint density at radius 1 is 1.33 bits per heavy atom. The number of ether oxygens (including phenoxy) is 1. The van der Waals surface area contributed by atoms with Crippen molar-refractivity contribution in [3.63, 3.8) is 0 Å². The minimum absolute atomic E-state index is 0.00929. The van der Waals surface area contributed by atoms with Crippen molar-refractivity contribution in [2.75, 3.05) is 33.4 Å². The lowest BCUT2D eigenvalue weighted by atomic mass is 10.1. The molecule has 0 bridgehead atoms. The van der Waals surface area contributed by atoms with E-state index in [9.17, 15) is 14.9 Å². The van der Waals surface area contributed by atoms with Crippen molar-refractivity contribution in [2.24, 2.45) is 5.92 Å². The summed E-state index contributed by atoms with van der Waals surface area (Å²) in [6, 6.07) is 5.72. The van der Waals surface area contributed by atoms with Crippen LogP contribution in [0, 0.1) is 16.0 Å². The van der Waals surface area contributed by atoms with E-state index in [0.29, 0.717) is 31.2 Å². The molecule has 6 heteroatoms. The van der Waals surface area contributed by atoms with Crippen molar-refractivity contribution in [1.29, 1.82) is 0 Å². The van der Waals surface area contributed by atoms with E-state index in [1.165, 1.54) is 24.3 Å².